The van der Waals surface area contributed by atoms with Gasteiger partial charge in [-0.2, -0.15) is 0 Å². The lowest BCUT2D eigenvalue weighted by Gasteiger charge is -2.22. The Morgan fingerprint density at radius 1 is 1.23 bits per heavy atom. The third-order valence-electron chi connectivity index (χ3n) is 2.77. The highest BCUT2D eigenvalue weighted by molar-refractivity contribution is 5.68. The second-order valence-electron chi connectivity index (χ2n) is 6.22. The number of hydrogen-bond acceptors (Lipinski definition) is 3. The Morgan fingerprint density at radius 3 is 2.32 bits per heavy atom. The van der Waals surface area contributed by atoms with Gasteiger partial charge in [0.2, 0.25) is 0 Å². The highest BCUT2D eigenvalue weighted by atomic mass is 19.3. The van der Waals surface area contributed by atoms with Gasteiger partial charge in [0.1, 0.15) is 5.60 Å². The molecule has 0 aliphatic carbocycles. The summed E-state index contributed by atoms with van der Waals surface area (Å²) in [7, 11) is 0. The van der Waals surface area contributed by atoms with E-state index in [1.807, 2.05) is 6.92 Å². The Hall–Kier alpha value is -1.69. The van der Waals surface area contributed by atoms with Gasteiger partial charge in [-0.3, -0.25) is 0 Å². The van der Waals surface area contributed by atoms with Crippen molar-refractivity contribution >= 4 is 6.09 Å². The van der Waals surface area contributed by atoms with Crippen LogP contribution in [-0.4, -0.2) is 24.3 Å². The predicted octanol–water partition coefficient (Wildman–Crippen LogP) is 3.63. The molecule has 0 aliphatic heterocycles. The molecule has 2 N–H and O–H groups in total. The lowest BCUT2D eigenvalue weighted by molar-refractivity contribution is 0.0508. The molecule has 124 valence electrons. The van der Waals surface area contributed by atoms with Gasteiger partial charge >= 0.3 is 6.09 Å². The zero-order valence-corrected chi connectivity index (χ0v) is 13.5. The second kappa shape index (κ2) is 8.08. The minimum Gasteiger partial charge on any atom is -0.444 e. The zero-order valence-electron chi connectivity index (χ0n) is 13.5. The molecule has 0 bridgehead atoms. The number of amides is 1. The molecule has 6 heteroatoms. The van der Waals surface area contributed by atoms with Crippen molar-refractivity contribution in [2.75, 3.05) is 6.54 Å². The zero-order chi connectivity index (χ0) is 16.8. The van der Waals surface area contributed by atoms with Crippen LogP contribution in [0, 0.1) is 0 Å². The summed E-state index contributed by atoms with van der Waals surface area (Å²) in [5.41, 5.74) is 0.404. The number of benzene rings is 1. The molecule has 1 unspecified atom stereocenters. The molecule has 1 rings (SSSR count). The van der Waals surface area contributed by atoms with E-state index >= 15 is 0 Å². The summed E-state index contributed by atoms with van der Waals surface area (Å²) < 4.78 is 30.0. The standard InChI is InChI=1S/C16H24F2N2O2/c1-11(20-15(21)22-16(2,3)4)9-19-10-12-5-7-13(8-6-12)14(17)18/h5-8,11,14,19H,9-10H2,1-4H3,(H,20,21). The Kier molecular flexibility index (Phi) is 6.74. The molecular formula is C16H24F2N2O2. The fourth-order valence-corrected chi connectivity index (χ4v) is 1.77. The molecule has 1 aromatic carbocycles. The molecule has 0 heterocycles. The van der Waals surface area contributed by atoms with Crippen molar-refractivity contribution < 1.29 is 18.3 Å². The van der Waals surface area contributed by atoms with Crippen LogP contribution >= 0.6 is 0 Å². The maximum atomic E-state index is 12.4. The van der Waals surface area contributed by atoms with Crippen LogP contribution in [0.2, 0.25) is 0 Å². The van der Waals surface area contributed by atoms with Crippen LogP contribution in [0.25, 0.3) is 0 Å². The second-order valence-corrected chi connectivity index (χ2v) is 6.22. The van der Waals surface area contributed by atoms with Crippen LogP contribution < -0.4 is 10.6 Å². The molecule has 22 heavy (non-hydrogen) atoms. The summed E-state index contributed by atoms with van der Waals surface area (Å²) in [6.45, 7) is 8.37. The number of halogens is 2. The minimum absolute atomic E-state index is 0.0173. The molecule has 1 amide bonds. The van der Waals surface area contributed by atoms with Crippen LogP contribution in [0.5, 0.6) is 0 Å². The van der Waals surface area contributed by atoms with Crippen molar-refractivity contribution in [1.29, 1.82) is 0 Å². The highest BCUT2D eigenvalue weighted by Crippen LogP contribution is 2.18. The summed E-state index contributed by atoms with van der Waals surface area (Å²) in [6.07, 6.45) is -2.90. The molecule has 0 spiro atoms. The lowest BCUT2D eigenvalue weighted by atomic mass is 10.1. The van der Waals surface area contributed by atoms with Gasteiger partial charge in [-0.15, -0.1) is 0 Å². The van der Waals surface area contributed by atoms with Gasteiger partial charge < -0.3 is 15.4 Å². The van der Waals surface area contributed by atoms with E-state index < -0.39 is 18.1 Å². The maximum Gasteiger partial charge on any atom is 0.407 e. The van der Waals surface area contributed by atoms with Crippen LogP contribution in [0.1, 0.15) is 45.2 Å². The van der Waals surface area contributed by atoms with E-state index in [4.69, 9.17) is 4.74 Å². The fourth-order valence-electron chi connectivity index (χ4n) is 1.77. The van der Waals surface area contributed by atoms with Gasteiger partial charge in [0.05, 0.1) is 0 Å². The first-order chi connectivity index (χ1) is 10.2. The number of carbonyl (C=O) groups excluding carboxylic acids is 1. The Labute approximate surface area is 130 Å². The van der Waals surface area contributed by atoms with E-state index in [2.05, 4.69) is 10.6 Å². The fraction of sp³-hybridized carbons (Fsp3) is 0.562. The van der Waals surface area contributed by atoms with E-state index in [0.29, 0.717) is 13.1 Å². The molecule has 1 aromatic rings. The summed E-state index contributed by atoms with van der Waals surface area (Å²) in [5.74, 6) is 0. The smallest absolute Gasteiger partial charge is 0.407 e. The first kappa shape index (κ1) is 18.4. The molecule has 1 atom stereocenters. The predicted molar refractivity (Wildman–Crippen MR) is 81.9 cm³/mol. The number of alkyl carbamates (subject to hydrolysis) is 1. The number of hydrogen-bond donors (Lipinski definition) is 2. The van der Waals surface area contributed by atoms with E-state index in [1.165, 1.54) is 12.1 Å². The molecular weight excluding hydrogens is 290 g/mol. The molecule has 0 radical (unpaired) electrons. The van der Waals surface area contributed by atoms with Gasteiger partial charge in [0.15, 0.2) is 0 Å². The van der Waals surface area contributed by atoms with Gasteiger partial charge in [0.25, 0.3) is 6.43 Å². The molecule has 0 fully saturated rings. The topological polar surface area (TPSA) is 50.4 Å². The van der Waals surface area contributed by atoms with Gasteiger partial charge in [0, 0.05) is 24.7 Å². The van der Waals surface area contributed by atoms with E-state index in [-0.39, 0.29) is 11.6 Å². The Bertz CT molecular complexity index is 470. The van der Waals surface area contributed by atoms with Crippen molar-refractivity contribution in [2.45, 2.75) is 52.3 Å². The molecule has 4 nitrogen and oxygen atoms in total. The van der Waals surface area contributed by atoms with E-state index in [1.54, 1.807) is 32.9 Å². The van der Waals surface area contributed by atoms with Crippen molar-refractivity contribution in [3.8, 4) is 0 Å². The summed E-state index contributed by atoms with van der Waals surface area (Å²) in [4.78, 5) is 11.6. The Morgan fingerprint density at radius 2 is 1.82 bits per heavy atom. The van der Waals surface area contributed by atoms with E-state index in [9.17, 15) is 13.6 Å². The van der Waals surface area contributed by atoms with Crippen molar-refractivity contribution in [2.24, 2.45) is 0 Å². The summed E-state index contributed by atoms with van der Waals surface area (Å²) >= 11 is 0. The van der Waals surface area contributed by atoms with Gasteiger partial charge in [-0.25, -0.2) is 13.6 Å². The molecule has 0 aliphatic rings. The quantitative estimate of drug-likeness (QED) is 0.843. The third kappa shape index (κ3) is 7.36. The van der Waals surface area contributed by atoms with Crippen LogP contribution in [0.15, 0.2) is 24.3 Å². The normalized spacial score (nSPS) is 13.0. The number of ether oxygens (including phenoxy) is 1. The molecule has 0 saturated heterocycles. The molecule has 0 saturated carbocycles. The van der Waals surface area contributed by atoms with Crippen LogP contribution in [-0.2, 0) is 11.3 Å². The van der Waals surface area contributed by atoms with E-state index in [0.717, 1.165) is 5.56 Å². The maximum absolute atomic E-state index is 12.4. The van der Waals surface area contributed by atoms with Gasteiger partial charge in [-0.05, 0) is 33.3 Å². The Balaban J connectivity index is 2.30. The third-order valence-corrected chi connectivity index (χ3v) is 2.77. The number of alkyl halides is 2. The highest BCUT2D eigenvalue weighted by Gasteiger charge is 2.17. The van der Waals surface area contributed by atoms with Crippen molar-refractivity contribution in [1.82, 2.24) is 10.6 Å². The summed E-state index contributed by atoms with van der Waals surface area (Å²) in [5, 5.41) is 5.88. The lowest BCUT2D eigenvalue weighted by Crippen LogP contribution is -2.42. The number of carbonyl (C=O) groups is 1. The molecule has 0 aromatic heterocycles. The van der Waals surface area contributed by atoms with Crippen LogP contribution in [0.4, 0.5) is 13.6 Å². The monoisotopic (exact) mass is 314 g/mol. The minimum atomic E-state index is -2.44. The van der Waals surface area contributed by atoms with Crippen molar-refractivity contribution in [3.63, 3.8) is 0 Å². The largest absolute Gasteiger partial charge is 0.444 e. The average molecular weight is 314 g/mol. The first-order valence-corrected chi connectivity index (χ1v) is 7.24. The number of rotatable bonds is 6. The first-order valence-electron chi connectivity index (χ1n) is 7.24. The summed E-state index contributed by atoms with van der Waals surface area (Å²) in [6, 6.07) is 6.07. The van der Waals surface area contributed by atoms with Gasteiger partial charge in [-0.1, -0.05) is 24.3 Å². The van der Waals surface area contributed by atoms with Crippen molar-refractivity contribution in [3.05, 3.63) is 35.4 Å². The van der Waals surface area contributed by atoms with Crippen LogP contribution in [0.3, 0.4) is 0 Å². The average Bonchev–Trinajstić information content (AvgIpc) is 2.36. The number of nitrogens with one attached hydrogen (secondary N) is 2. The SMILES string of the molecule is CC(CNCc1ccc(C(F)F)cc1)NC(=O)OC(C)(C)C.